The predicted molar refractivity (Wildman–Crippen MR) is 82.7 cm³/mol. The molecule has 21 heavy (non-hydrogen) atoms. The Hall–Kier alpha value is -1.45. The minimum absolute atomic E-state index is 0.309. The number of hydrogen-bond acceptors (Lipinski definition) is 1. The molecule has 0 spiro atoms. The summed E-state index contributed by atoms with van der Waals surface area (Å²) in [5.74, 6) is -1.57. The molecule has 0 saturated carbocycles. The summed E-state index contributed by atoms with van der Waals surface area (Å²) in [4.78, 5) is 0. The van der Waals surface area contributed by atoms with Crippen molar-refractivity contribution in [3.8, 4) is 0 Å². The molecule has 0 fully saturated rings. The standard InChI is InChI=1S/C17H18ClF2N/c1-3-21-15(10-12-6-4-5-7-14(12)18)13-9-8-11(2)16(19)17(13)20/h4-9,15,21H,3,10H2,1-2H3. The van der Waals surface area contributed by atoms with Gasteiger partial charge >= 0.3 is 0 Å². The van der Waals surface area contributed by atoms with Gasteiger partial charge in [-0.2, -0.15) is 0 Å². The van der Waals surface area contributed by atoms with Gasteiger partial charge in [0.1, 0.15) is 0 Å². The van der Waals surface area contributed by atoms with Crippen LogP contribution in [0.1, 0.15) is 29.7 Å². The minimum Gasteiger partial charge on any atom is -0.310 e. The van der Waals surface area contributed by atoms with Crippen molar-refractivity contribution in [2.45, 2.75) is 26.3 Å². The molecule has 1 atom stereocenters. The molecule has 0 aliphatic rings. The third-order valence-electron chi connectivity index (χ3n) is 3.51. The lowest BCUT2D eigenvalue weighted by atomic mass is 9.97. The van der Waals surface area contributed by atoms with Crippen molar-refractivity contribution in [1.29, 1.82) is 0 Å². The molecule has 0 bridgehead atoms. The third-order valence-corrected chi connectivity index (χ3v) is 3.88. The number of halogens is 3. The van der Waals surface area contributed by atoms with Crippen LogP contribution in [0.3, 0.4) is 0 Å². The number of benzene rings is 2. The molecule has 0 aliphatic heterocycles. The Morgan fingerprint density at radius 3 is 2.48 bits per heavy atom. The highest BCUT2D eigenvalue weighted by atomic mass is 35.5. The Labute approximate surface area is 128 Å². The van der Waals surface area contributed by atoms with Gasteiger partial charge < -0.3 is 5.32 Å². The van der Waals surface area contributed by atoms with Gasteiger partial charge in [0.25, 0.3) is 0 Å². The Balaban J connectivity index is 2.36. The molecule has 2 aromatic rings. The number of nitrogens with one attached hydrogen (secondary N) is 1. The van der Waals surface area contributed by atoms with Gasteiger partial charge in [0.05, 0.1) is 0 Å². The van der Waals surface area contributed by atoms with Gasteiger partial charge in [0, 0.05) is 16.6 Å². The van der Waals surface area contributed by atoms with E-state index in [1.165, 1.54) is 0 Å². The fourth-order valence-electron chi connectivity index (χ4n) is 2.35. The molecule has 0 radical (unpaired) electrons. The van der Waals surface area contributed by atoms with Gasteiger partial charge in [0.2, 0.25) is 0 Å². The highest BCUT2D eigenvalue weighted by Crippen LogP contribution is 2.27. The van der Waals surface area contributed by atoms with Crippen LogP contribution >= 0.6 is 11.6 Å². The average Bonchev–Trinajstić information content (AvgIpc) is 2.47. The summed E-state index contributed by atoms with van der Waals surface area (Å²) in [6.07, 6.45) is 0.507. The van der Waals surface area contributed by atoms with Gasteiger partial charge in [0.15, 0.2) is 11.6 Å². The number of hydrogen-bond donors (Lipinski definition) is 1. The van der Waals surface area contributed by atoms with Crippen molar-refractivity contribution in [3.05, 3.63) is 69.7 Å². The molecule has 4 heteroatoms. The van der Waals surface area contributed by atoms with E-state index in [1.807, 2.05) is 25.1 Å². The van der Waals surface area contributed by atoms with E-state index in [4.69, 9.17) is 11.6 Å². The summed E-state index contributed by atoms with van der Waals surface area (Å²) in [5, 5.41) is 3.83. The Bertz CT molecular complexity index is 628. The van der Waals surface area contributed by atoms with Crippen LogP contribution in [0.4, 0.5) is 8.78 Å². The van der Waals surface area contributed by atoms with Crippen molar-refractivity contribution in [3.63, 3.8) is 0 Å². The summed E-state index contributed by atoms with van der Waals surface area (Å²) in [5.41, 5.74) is 1.55. The smallest absolute Gasteiger partial charge is 0.163 e. The van der Waals surface area contributed by atoms with E-state index in [2.05, 4.69) is 5.32 Å². The first-order valence-corrected chi connectivity index (χ1v) is 7.33. The molecule has 112 valence electrons. The van der Waals surface area contributed by atoms with E-state index in [0.717, 1.165) is 5.56 Å². The molecule has 2 aromatic carbocycles. The fourth-order valence-corrected chi connectivity index (χ4v) is 2.57. The maximum absolute atomic E-state index is 14.2. The van der Waals surface area contributed by atoms with Gasteiger partial charge in [-0.3, -0.25) is 0 Å². The maximum Gasteiger partial charge on any atom is 0.163 e. The summed E-state index contributed by atoms with van der Waals surface area (Å²) >= 11 is 6.16. The zero-order chi connectivity index (χ0) is 15.4. The SMILES string of the molecule is CCNC(Cc1ccccc1Cl)c1ccc(C)c(F)c1F. The first kappa shape index (κ1) is 15.9. The van der Waals surface area contributed by atoms with Gasteiger partial charge in [-0.05, 0) is 37.1 Å². The second-order valence-corrected chi connectivity index (χ2v) is 5.41. The zero-order valence-corrected chi connectivity index (χ0v) is 12.8. The van der Waals surface area contributed by atoms with E-state index in [1.54, 1.807) is 25.1 Å². The van der Waals surface area contributed by atoms with Crippen molar-refractivity contribution in [2.75, 3.05) is 6.54 Å². The quantitative estimate of drug-likeness (QED) is 0.835. The minimum atomic E-state index is -0.784. The van der Waals surface area contributed by atoms with Crippen LogP contribution in [0.15, 0.2) is 36.4 Å². The van der Waals surface area contributed by atoms with Crippen molar-refractivity contribution in [2.24, 2.45) is 0 Å². The molecule has 1 N–H and O–H groups in total. The lowest BCUT2D eigenvalue weighted by Crippen LogP contribution is -2.24. The van der Waals surface area contributed by atoms with Crippen LogP contribution in [0, 0.1) is 18.6 Å². The Morgan fingerprint density at radius 2 is 1.81 bits per heavy atom. The monoisotopic (exact) mass is 309 g/mol. The molecular weight excluding hydrogens is 292 g/mol. The summed E-state index contributed by atoms with van der Waals surface area (Å²) < 4.78 is 28.0. The Kier molecular flexibility index (Phi) is 5.32. The number of likely N-dealkylation sites (N-methyl/N-ethyl adjacent to an activating group) is 1. The van der Waals surface area contributed by atoms with E-state index in [9.17, 15) is 8.78 Å². The summed E-state index contributed by atoms with van der Waals surface area (Å²) in [6, 6.07) is 10.4. The third kappa shape index (κ3) is 3.60. The second-order valence-electron chi connectivity index (χ2n) is 5.01. The first-order valence-electron chi connectivity index (χ1n) is 6.95. The number of aryl methyl sites for hydroxylation is 1. The van der Waals surface area contributed by atoms with E-state index in [-0.39, 0.29) is 6.04 Å². The predicted octanol–water partition coefficient (Wildman–Crippen LogP) is 4.82. The van der Waals surface area contributed by atoms with Crippen molar-refractivity contribution in [1.82, 2.24) is 5.32 Å². The van der Waals surface area contributed by atoms with Crippen LogP contribution in [-0.4, -0.2) is 6.54 Å². The van der Waals surface area contributed by atoms with Crippen LogP contribution in [-0.2, 0) is 6.42 Å². The molecule has 0 saturated heterocycles. The topological polar surface area (TPSA) is 12.0 Å². The average molecular weight is 310 g/mol. The van der Waals surface area contributed by atoms with Gasteiger partial charge in [-0.15, -0.1) is 0 Å². The van der Waals surface area contributed by atoms with E-state index in [0.29, 0.717) is 29.1 Å². The molecule has 0 aliphatic carbocycles. The summed E-state index contributed by atoms with van der Waals surface area (Å²) in [7, 11) is 0. The first-order chi connectivity index (χ1) is 10.0. The number of rotatable bonds is 5. The molecule has 1 unspecified atom stereocenters. The highest BCUT2D eigenvalue weighted by molar-refractivity contribution is 6.31. The van der Waals surface area contributed by atoms with Crippen LogP contribution in [0.25, 0.3) is 0 Å². The second kappa shape index (κ2) is 7.01. The van der Waals surface area contributed by atoms with Crippen molar-refractivity contribution < 1.29 is 8.78 Å². The molecule has 2 rings (SSSR count). The summed E-state index contributed by atoms with van der Waals surface area (Å²) in [6.45, 7) is 4.14. The Morgan fingerprint density at radius 1 is 1.10 bits per heavy atom. The van der Waals surface area contributed by atoms with E-state index >= 15 is 0 Å². The largest absolute Gasteiger partial charge is 0.310 e. The van der Waals surface area contributed by atoms with Crippen LogP contribution in [0.5, 0.6) is 0 Å². The molecular formula is C17H18ClF2N. The van der Waals surface area contributed by atoms with Gasteiger partial charge in [-0.1, -0.05) is 48.9 Å². The normalized spacial score (nSPS) is 12.4. The lowest BCUT2D eigenvalue weighted by Gasteiger charge is -2.20. The molecule has 0 amide bonds. The molecule has 0 heterocycles. The molecule has 1 nitrogen and oxygen atoms in total. The van der Waals surface area contributed by atoms with Crippen LogP contribution in [0.2, 0.25) is 5.02 Å². The van der Waals surface area contributed by atoms with Crippen molar-refractivity contribution >= 4 is 11.6 Å². The van der Waals surface area contributed by atoms with Gasteiger partial charge in [-0.25, -0.2) is 8.78 Å². The lowest BCUT2D eigenvalue weighted by molar-refractivity contribution is 0.461. The zero-order valence-electron chi connectivity index (χ0n) is 12.1. The van der Waals surface area contributed by atoms with Crippen LogP contribution < -0.4 is 5.32 Å². The molecule has 0 aromatic heterocycles. The highest BCUT2D eigenvalue weighted by Gasteiger charge is 2.20. The maximum atomic E-state index is 14.2. The van der Waals surface area contributed by atoms with E-state index < -0.39 is 11.6 Å². The fraction of sp³-hybridized carbons (Fsp3) is 0.294.